The number of amides is 2. The molecule has 1 heterocycles. The Morgan fingerprint density at radius 1 is 1.71 bits per heavy atom. The molecular weight excluding hydrogens is 186 g/mol. The number of carbonyl (C=O) groups excluding carboxylic acids is 2. The van der Waals surface area contributed by atoms with Gasteiger partial charge in [-0.05, 0) is 0 Å². The lowest BCUT2D eigenvalue weighted by Gasteiger charge is -2.15. The Bertz CT molecular complexity index is 242. The van der Waals surface area contributed by atoms with Gasteiger partial charge in [0.2, 0.25) is 5.91 Å². The van der Waals surface area contributed by atoms with E-state index in [1.54, 1.807) is 14.1 Å². The molecule has 0 saturated carbocycles. The standard InChI is InChI=1S/C8H15N3O3/c1-10(2)7(12)5-11-4-6(3-9)14-8(11)13/h6H,3-5,9H2,1-2H3. The molecule has 14 heavy (non-hydrogen) atoms. The molecule has 1 unspecified atom stereocenters. The first kappa shape index (κ1) is 10.8. The van der Waals surface area contributed by atoms with Crippen molar-refractivity contribution in [3.8, 4) is 0 Å². The molecule has 0 bridgehead atoms. The number of carbonyl (C=O) groups is 2. The molecule has 1 atom stereocenters. The van der Waals surface area contributed by atoms with E-state index in [9.17, 15) is 9.59 Å². The van der Waals surface area contributed by atoms with Crippen molar-refractivity contribution in [2.45, 2.75) is 6.10 Å². The molecule has 0 spiro atoms. The number of nitrogens with zero attached hydrogens (tertiary/aromatic N) is 2. The van der Waals surface area contributed by atoms with Gasteiger partial charge >= 0.3 is 6.09 Å². The van der Waals surface area contributed by atoms with E-state index in [0.29, 0.717) is 13.1 Å². The predicted octanol–water partition coefficient (Wildman–Crippen LogP) is -1.15. The van der Waals surface area contributed by atoms with Gasteiger partial charge in [0.1, 0.15) is 12.6 Å². The number of likely N-dealkylation sites (N-methyl/N-ethyl adjacent to an activating group) is 1. The highest BCUT2D eigenvalue weighted by atomic mass is 16.6. The maximum atomic E-state index is 11.3. The molecule has 80 valence electrons. The minimum atomic E-state index is -0.462. The number of hydrogen-bond acceptors (Lipinski definition) is 4. The summed E-state index contributed by atoms with van der Waals surface area (Å²) in [5.74, 6) is -0.125. The van der Waals surface area contributed by atoms with Crippen LogP contribution in [0.4, 0.5) is 4.79 Å². The topological polar surface area (TPSA) is 75.9 Å². The van der Waals surface area contributed by atoms with Gasteiger partial charge in [-0.15, -0.1) is 0 Å². The van der Waals surface area contributed by atoms with E-state index in [1.165, 1.54) is 9.80 Å². The van der Waals surface area contributed by atoms with Crippen molar-refractivity contribution >= 4 is 12.0 Å². The second-order valence-electron chi connectivity index (χ2n) is 3.41. The average molecular weight is 201 g/mol. The van der Waals surface area contributed by atoms with Crippen LogP contribution in [0.5, 0.6) is 0 Å². The summed E-state index contributed by atoms with van der Waals surface area (Å²) in [6.45, 7) is 0.746. The second-order valence-corrected chi connectivity index (χ2v) is 3.41. The Labute approximate surface area is 82.6 Å². The zero-order valence-corrected chi connectivity index (χ0v) is 8.40. The minimum absolute atomic E-state index is 0.0579. The summed E-state index contributed by atoms with van der Waals surface area (Å²) in [4.78, 5) is 25.3. The van der Waals surface area contributed by atoms with Crippen LogP contribution in [0.2, 0.25) is 0 Å². The van der Waals surface area contributed by atoms with Crippen molar-refractivity contribution in [1.29, 1.82) is 0 Å². The van der Waals surface area contributed by atoms with Crippen LogP contribution in [-0.2, 0) is 9.53 Å². The molecule has 0 radical (unpaired) electrons. The van der Waals surface area contributed by atoms with Gasteiger partial charge in [-0.25, -0.2) is 4.79 Å². The molecular formula is C8H15N3O3. The van der Waals surface area contributed by atoms with Crippen molar-refractivity contribution in [3.63, 3.8) is 0 Å². The summed E-state index contributed by atoms with van der Waals surface area (Å²) in [5.41, 5.74) is 5.35. The highest BCUT2D eigenvalue weighted by Crippen LogP contribution is 2.09. The smallest absolute Gasteiger partial charge is 0.410 e. The van der Waals surface area contributed by atoms with Gasteiger partial charge in [-0.2, -0.15) is 0 Å². The average Bonchev–Trinajstić information content (AvgIpc) is 2.47. The molecule has 0 aromatic rings. The molecule has 2 amide bonds. The Balaban J connectivity index is 2.46. The lowest BCUT2D eigenvalue weighted by Crippen LogP contribution is -2.37. The molecule has 1 rings (SSSR count). The Kier molecular flexibility index (Phi) is 3.29. The Hall–Kier alpha value is -1.30. The quantitative estimate of drug-likeness (QED) is 0.626. The maximum Gasteiger partial charge on any atom is 0.410 e. The third kappa shape index (κ3) is 2.35. The van der Waals surface area contributed by atoms with Crippen LogP contribution < -0.4 is 5.73 Å². The number of nitrogens with two attached hydrogens (primary N) is 1. The van der Waals surface area contributed by atoms with E-state index >= 15 is 0 Å². The van der Waals surface area contributed by atoms with E-state index in [-0.39, 0.29) is 18.6 Å². The van der Waals surface area contributed by atoms with Crippen LogP contribution in [0.1, 0.15) is 0 Å². The first-order valence-electron chi connectivity index (χ1n) is 4.40. The van der Waals surface area contributed by atoms with E-state index in [4.69, 9.17) is 10.5 Å². The number of rotatable bonds is 3. The normalized spacial score (nSPS) is 20.9. The lowest BCUT2D eigenvalue weighted by molar-refractivity contribution is -0.129. The third-order valence-electron chi connectivity index (χ3n) is 2.04. The first-order chi connectivity index (χ1) is 6.54. The monoisotopic (exact) mass is 201 g/mol. The Morgan fingerprint density at radius 3 is 2.79 bits per heavy atom. The third-order valence-corrected chi connectivity index (χ3v) is 2.04. The lowest BCUT2D eigenvalue weighted by atomic mass is 10.3. The van der Waals surface area contributed by atoms with E-state index in [2.05, 4.69) is 0 Å². The van der Waals surface area contributed by atoms with Gasteiger partial charge in [0.05, 0.1) is 6.54 Å². The van der Waals surface area contributed by atoms with E-state index in [0.717, 1.165) is 0 Å². The number of ether oxygens (including phenoxy) is 1. The van der Waals surface area contributed by atoms with Crippen molar-refractivity contribution in [2.24, 2.45) is 5.73 Å². The summed E-state index contributed by atoms with van der Waals surface area (Å²) < 4.78 is 4.89. The van der Waals surface area contributed by atoms with Gasteiger partial charge in [-0.1, -0.05) is 0 Å². The van der Waals surface area contributed by atoms with Crippen molar-refractivity contribution in [1.82, 2.24) is 9.80 Å². The maximum absolute atomic E-state index is 11.3. The molecule has 1 aliphatic heterocycles. The first-order valence-corrected chi connectivity index (χ1v) is 4.40. The highest BCUT2D eigenvalue weighted by Gasteiger charge is 2.31. The van der Waals surface area contributed by atoms with Crippen LogP contribution in [0.25, 0.3) is 0 Å². The summed E-state index contributed by atoms with van der Waals surface area (Å²) in [6.07, 6.45) is -0.742. The van der Waals surface area contributed by atoms with Crippen molar-refractivity contribution in [3.05, 3.63) is 0 Å². The van der Waals surface area contributed by atoms with Crippen LogP contribution in [0, 0.1) is 0 Å². The summed E-state index contributed by atoms with van der Waals surface area (Å²) >= 11 is 0. The molecule has 1 saturated heterocycles. The molecule has 6 nitrogen and oxygen atoms in total. The van der Waals surface area contributed by atoms with Crippen LogP contribution in [-0.4, -0.2) is 61.6 Å². The summed E-state index contributed by atoms with van der Waals surface area (Å²) in [5, 5.41) is 0. The SMILES string of the molecule is CN(C)C(=O)CN1CC(CN)OC1=O. The second kappa shape index (κ2) is 4.28. The molecule has 0 aliphatic carbocycles. The number of cyclic esters (lactones) is 1. The highest BCUT2D eigenvalue weighted by molar-refractivity contribution is 5.82. The number of hydrogen-bond donors (Lipinski definition) is 1. The molecule has 1 fully saturated rings. The fourth-order valence-electron chi connectivity index (χ4n) is 1.13. The van der Waals surface area contributed by atoms with Gasteiger partial charge in [-0.3, -0.25) is 9.69 Å². The molecule has 2 N–H and O–H groups in total. The summed E-state index contributed by atoms with van der Waals surface area (Å²) in [6, 6.07) is 0. The zero-order valence-electron chi connectivity index (χ0n) is 8.40. The van der Waals surface area contributed by atoms with E-state index in [1.807, 2.05) is 0 Å². The molecule has 6 heteroatoms. The molecule has 0 aromatic carbocycles. The molecule has 1 aliphatic rings. The fourth-order valence-corrected chi connectivity index (χ4v) is 1.13. The van der Waals surface area contributed by atoms with Crippen molar-refractivity contribution < 1.29 is 14.3 Å². The zero-order chi connectivity index (χ0) is 10.7. The predicted molar refractivity (Wildman–Crippen MR) is 49.6 cm³/mol. The van der Waals surface area contributed by atoms with E-state index < -0.39 is 6.09 Å². The van der Waals surface area contributed by atoms with Crippen LogP contribution in [0.3, 0.4) is 0 Å². The van der Waals surface area contributed by atoms with Gasteiger partial charge < -0.3 is 15.4 Å². The van der Waals surface area contributed by atoms with Crippen molar-refractivity contribution in [2.75, 3.05) is 33.7 Å². The van der Waals surface area contributed by atoms with Gasteiger partial charge in [0, 0.05) is 20.6 Å². The Morgan fingerprint density at radius 2 is 2.36 bits per heavy atom. The summed E-state index contributed by atoms with van der Waals surface area (Å²) in [7, 11) is 3.29. The fraction of sp³-hybridized carbons (Fsp3) is 0.750. The van der Waals surface area contributed by atoms with Gasteiger partial charge in [0.25, 0.3) is 0 Å². The van der Waals surface area contributed by atoms with Crippen LogP contribution in [0.15, 0.2) is 0 Å². The van der Waals surface area contributed by atoms with Gasteiger partial charge in [0.15, 0.2) is 0 Å². The molecule has 0 aromatic heterocycles. The minimum Gasteiger partial charge on any atom is -0.443 e. The van der Waals surface area contributed by atoms with Crippen LogP contribution >= 0.6 is 0 Å². The largest absolute Gasteiger partial charge is 0.443 e.